The van der Waals surface area contributed by atoms with Crippen molar-refractivity contribution in [3.63, 3.8) is 0 Å². The maximum atomic E-state index is 13.0. The second-order valence-electron chi connectivity index (χ2n) is 4.21. The first-order chi connectivity index (χ1) is 9.74. The Labute approximate surface area is 122 Å². The van der Waals surface area contributed by atoms with E-state index in [1.807, 2.05) is 0 Å². The monoisotopic (exact) mass is 319 g/mol. The van der Waals surface area contributed by atoms with Gasteiger partial charge in [-0.15, -0.1) is 10.2 Å². The van der Waals surface area contributed by atoms with E-state index >= 15 is 0 Å². The molecule has 0 aliphatic heterocycles. The van der Waals surface area contributed by atoms with Crippen molar-refractivity contribution < 1.29 is 18.0 Å². The number of halogens is 3. The van der Waals surface area contributed by atoms with Gasteiger partial charge in [-0.1, -0.05) is 11.3 Å². The Hall–Kier alpha value is -1.97. The number of anilines is 1. The minimum absolute atomic E-state index is 0.231. The molecule has 0 N–H and O–H groups in total. The average Bonchev–Trinajstić information content (AvgIpc) is 3.02. The molecule has 0 unspecified atom stereocenters. The minimum atomic E-state index is -4.69. The third-order valence-corrected chi connectivity index (χ3v) is 3.61. The number of carbonyl (C=O) groups excluding carboxylic acids is 1. The summed E-state index contributed by atoms with van der Waals surface area (Å²) >= 11 is 1.12. The molecule has 0 fully saturated rings. The molecule has 0 bridgehead atoms. The third-order valence-electron chi connectivity index (χ3n) is 2.69. The van der Waals surface area contributed by atoms with Gasteiger partial charge >= 0.3 is 6.18 Å². The van der Waals surface area contributed by atoms with Gasteiger partial charge < -0.3 is 0 Å². The van der Waals surface area contributed by atoms with Crippen molar-refractivity contribution in [3.05, 3.63) is 22.5 Å². The van der Waals surface area contributed by atoms with E-state index in [9.17, 15) is 18.0 Å². The summed E-state index contributed by atoms with van der Waals surface area (Å²) in [4.78, 5) is 13.3. The third kappa shape index (κ3) is 3.04. The summed E-state index contributed by atoms with van der Waals surface area (Å²) in [6.07, 6.45) is -3.60. The number of aromatic nitrogens is 4. The van der Waals surface area contributed by atoms with Crippen molar-refractivity contribution >= 4 is 22.4 Å². The standard InChI is InChI=1S/C11H12F3N5OS/c1-4-19-5-7(8(17-19)11(12,13)14)9(20)18(3)10-16-15-6(2)21-10/h5H,4H2,1-3H3. The molecule has 0 aliphatic rings. The van der Waals surface area contributed by atoms with E-state index in [1.165, 1.54) is 7.05 Å². The fourth-order valence-corrected chi connectivity index (χ4v) is 2.29. The molecule has 10 heteroatoms. The van der Waals surface area contributed by atoms with Crippen LogP contribution in [0.15, 0.2) is 6.20 Å². The van der Waals surface area contributed by atoms with Crippen LogP contribution in [0.25, 0.3) is 0 Å². The van der Waals surface area contributed by atoms with Gasteiger partial charge in [0.15, 0.2) is 5.69 Å². The Balaban J connectivity index is 2.41. The van der Waals surface area contributed by atoms with Crippen LogP contribution in [0.4, 0.5) is 18.3 Å². The summed E-state index contributed by atoms with van der Waals surface area (Å²) in [6, 6.07) is 0. The highest BCUT2D eigenvalue weighted by molar-refractivity contribution is 7.15. The first-order valence-electron chi connectivity index (χ1n) is 5.96. The van der Waals surface area contributed by atoms with Gasteiger partial charge in [0.25, 0.3) is 5.91 Å². The SMILES string of the molecule is CCn1cc(C(=O)N(C)c2nnc(C)s2)c(C(F)(F)F)n1. The fourth-order valence-electron chi connectivity index (χ4n) is 1.64. The highest BCUT2D eigenvalue weighted by Crippen LogP contribution is 2.32. The van der Waals surface area contributed by atoms with Crippen LogP contribution in [0.2, 0.25) is 0 Å². The number of hydrogen-bond acceptors (Lipinski definition) is 5. The molecule has 2 heterocycles. The quantitative estimate of drug-likeness (QED) is 0.871. The van der Waals surface area contributed by atoms with Crippen LogP contribution in [0.3, 0.4) is 0 Å². The largest absolute Gasteiger partial charge is 0.435 e. The molecule has 21 heavy (non-hydrogen) atoms. The lowest BCUT2D eigenvalue weighted by molar-refractivity contribution is -0.141. The number of amides is 1. The Kier molecular flexibility index (Phi) is 3.99. The van der Waals surface area contributed by atoms with E-state index in [0.29, 0.717) is 5.01 Å². The molecule has 6 nitrogen and oxygen atoms in total. The molecule has 0 spiro atoms. The number of carbonyl (C=O) groups is 1. The molecule has 0 saturated heterocycles. The Morgan fingerprint density at radius 1 is 1.43 bits per heavy atom. The van der Waals surface area contributed by atoms with Crippen molar-refractivity contribution in [2.45, 2.75) is 26.6 Å². The predicted octanol–water partition coefficient (Wildman–Crippen LogP) is 2.36. The Morgan fingerprint density at radius 3 is 2.57 bits per heavy atom. The molecule has 0 atom stereocenters. The van der Waals surface area contributed by atoms with E-state index in [-0.39, 0.29) is 11.7 Å². The molecule has 1 amide bonds. The number of nitrogens with zero attached hydrogens (tertiary/aromatic N) is 5. The zero-order valence-electron chi connectivity index (χ0n) is 11.5. The lowest BCUT2D eigenvalue weighted by atomic mass is 10.2. The van der Waals surface area contributed by atoms with Crippen LogP contribution < -0.4 is 4.90 Å². The number of rotatable bonds is 3. The van der Waals surface area contributed by atoms with E-state index in [4.69, 9.17) is 0 Å². The van der Waals surface area contributed by atoms with Crippen molar-refractivity contribution in [2.75, 3.05) is 11.9 Å². The molecule has 0 aromatic carbocycles. The lowest BCUT2D eigenvalue weighted by Crippen LogP contribution is -2.28. The van der Waals surface area contributed by atoms with Crippen LogP contribution in [0.5, 0.6) is 0 Å². The molecular weight excluding hydrogens is 307 g/mol. The number of aryl methyl sites for hydroxylation is 2. The summed E-state index contributed by atoms with van der Waals surface area (Å²) in [6.45, 7) is 3.56. The van der Waals surface area contributed by atoms with Gasteiger partial charge in [-0.05, 0) is 13.8 Å². The van der Waals surface area contributed by atoms with Crippen molar-refractivity contribution in [1.82, 2.24) is 20.0 Å². The zero-order valence-corrected chi connectivity index (χ0v) is 12.3. The van der Waals surface area contributed by atoms with Gasteiger partial charge in [0.1, 0.15) is 5.01 Å². The van der Waals surface area contributed by atoms with Gasteiger partial charge in [0, 0.05) is 19.8 Å². The summed E-state index contributed by atoms with van der Waals surface area (Å²) in [5, 5.41) is 11.7. The zero-order chi connectivity index (χ0) is 15.8. The smallest absolute Gasteiger partial charge is 0.286 e. The molecule has 2 aromatic rings. The predicted molar refractivity (Wildman–Crippen MR) is 70.3 cm³/mol. The van der Waals surface area contributed by atoms with Crippen LogP contribution in [0.1, 0.15) is 28.0 Å². The topological polar surface area (TPSA) is 63.9 Å². The van der Waals surface area contributed by atoms with Crippen molar-refractivity contribution in [3.8, 4) is 0 Å². The van der Waals surface area contributed by atoms with Gasteiger partial charge in [-0.2, -0.15) is 18.3 Å². The van der Waals surface area contributed by atoms with E-state index in [2.05, 4.69) is 15.3 Å². The van der Waals surface area contributed by atoms with Crippen LogP contribution in [-0.2, 0) is 12.7 Å². The highest BCUT2D eigenvalue weighted by atomic mass is 32.1. The number of alkyl halides is 3. The van der Waals surface area contributed by atoms with Gasteiger partial charge in [-0.25, -0.2) is 0 Å². The minimum Gasteiger partial charge on any atom is -0.286 e. The molecule has 0 saturated carbocycles. The summed E-state index contributed by atoms with van der Waals surface area (Å²) in [5.74, 6) is -0.821. The molecule has 0 aliphatic carbocycles. The van der Waals surface area contributed by atoms with Gasteiger partial charge in [-0.3, -0.25) is 14.4 Å². The maximum Gasteiger partial charge on any atom is 0.435 e. The molecule has 2 aromatic heterocycles. The number of hydrogen-bond donors (Lipinski definition) is 0. The van der Waals surface area contributed by atoms with Crippen molar-refractivity contribution in [2.24, 2.45) is 0 Å². The lowest BCUT2D eigenvalue weighted by Gasteiger charge is -2.13. The molecular formula is C11H12F3N5OS. The molecule has 2 rings (SSSR count). The molecule has 114 valence electrons. The van der Waals surface area contributed by atoms with Crippen LogP contribution in [-0.4, -0.2) is 32.9 Å². The summed E-state index contributed by atoms with van der Waals surface area (Å²) < 4.78 is 39.9. The second kappa shape index (κ2) is 5.43. The van der Waals surface area contributed by atoms with E-state index in [1.54, 1.807) is 13.8 Å². The van der Waals surface area contributed by atoms with Gasteiger partial charge in [0.05, 0.1) is 5.56 Å². The first kappa shape index (κ1) is 15.4. The summed E-state index contributed by atoms with van der Waals surface area (Å²) in [7, 11) is 1.35. The van der Waals surface area contributed by atoms with E-state index < -0.39 is 23.3 Å². The fraction of sp³-hybridized carbons (Fsp3) is 0.455. The summed E-state index contributed by atoms with van der Waals surface area (Å²) in [5.41, 5.74) is -1.69. The highest BCUT2D eigenvalue weighted by Gasteiger charge is 2.40. The maximum absolute atomic E-state index is 13.0. The second-order valence-corrected chi connectivity index (χ2v) is 5.37. The van der Waals surface area contributed by atoms with Crippen LogP contribution in [0, 0.1) is 6.92 Å². The van der Waals surface area contributed by atoms with Gasteiger partial charge in [0.2, 0.25) is 5.13 Å². The Bertz CT molecular complexity index is 663. The molecule has 0 radical (unpaired) electrons. The first-order valence-corrected chi connectivity index (χ1v) is 6.78. The average molecular weight is 319 g/mol. The van der Waals surface area contributed by atoms with Crippen LogP contribution >= 0.6 is 11.3 Å². The normalized spacial score (nSPS) is 11.7. The Morgan fingerprint density at radius 2 is 2.10 bits per heavy atom. The van der Waals surface area contributed by atoms with E-state index in [0.717, 1.165) is 27.1 Å². The van der Waals surface area contributed by atoms with Crippen molar-refractivity contribution in [1.29, 1.82) is 0 Å².